The molecule has 26 heavy (non-hydrogen) atoms. The van der Waals surface area contributed by atoms with Crippen LogP contribution in [0.25, 0.3) is 17.6 Å². The molecular weight excluding hydrogens is 375 g/mol. The molecule has 0 spiro atoms. The second kappa shape index (κ2) is 7.07. The van der Waals surface area contributed by atoms with Gasteiger partial charge < -0.3 is 4.74 Å². The number of hydrogen-bond acceptors (Lipinski definition) is 7. The van der Waals surface area contributed by atoms with Gasteiger partial charge in [0, 0.05) is 24.1 Å². The fraction of sp³-hybridized carbons (Fsp3) is 0.143. The van der Waals surface area contributed by atoms with Crippen LogP contribution < -0.4 is 0 Å². The van der Waals surface area contributed by atoms with Crippen LogP contribution in [-0.2, 0) is 20.8 Å². The summed E-state index contributed by atoms with van der Waals surface area (Å²) < 4.78 is 68.0. The van der Waals surface area contributed by atoms with Gasteiger partial charge in [0.25, 0.3) is 0 Å². The van der Waals surface area contributed by atoms with Crippen LogP contribution in [-0.4, -0.2) is 41.7 Å². The van der Waals surface area contributed by atoms with Gasteiger partial charge in [0.2, 0.25) is 5.90 Å². The zero-order valence-corrected chi connectivity index (χ0v) is 14.0. The van der Waals surface area contributed by atoms with Crippen molar-refractivity contribution in [2.24, 2.45) is 0 Å². The van der Waals surface area contributed by atoms with Crippen molar-refractivity contribution < 1.29 is 26.3 Å². The topological polar surface area (TPSA) is 122 Å². The maximum atomic E-state index is 13.0. The van der Waals surface area contributed by atoms with Crippen molar-refractivity contribution in [1.29, 1.82) is 10.8 Å². The van der Waals surface area contributed by atoms with Gasteiger partial charge in [-0.25, -0.2) is 18.1 Å². The maximum Gasteiger partial charge on any atom is 0.416 e. The Morgan fingerprint density at radius 3 is 2.58 bits per heavy atom. The van der Waals surface area contributed by atoms with E-state index < -0.39 is 26.5 Å². The summed E-state index contributed by atoms with van der Waals surface area (Å²) in [7, 11) is -3.88. The average molecular weight is 387 g/mol. The third kappa shape index (κ3) is 4.75. The molecule has 0 radical (unpaired) electrons. The van der Waals surface area contributed by atoms with E-state index in [4.69, 9.17) is 10.8 Å². The zero-order chi connectivity index (χ0) is 19.5. The van der Waals surface area contributed by atoms with Crippen LogP contribution in [0.3, 0.4) is 0 Å². The first-order chi connectivity index (χ1) is 12.0. The van der Waals surface area contributed by atoms with Crippen LogP contribution in [0.2, 0.25) is 0 Å². The summed E-state index contributed by atoms with van der Waals surface area (Å²) in [4.78, 5) is 3.33. The largest absolute Gasteiger partial charge is 0.429 e. The second-order valence-electron chi connectivity index (χ2n) is 4.98. The van der Waals surface area contributed by atoms with Gasteiger partial charge in [-0.3, -0.25) is 10.8 Å². The summed E-state index contributed by atoms with van der Waals surface area (Å²) >= 11 is 0. The third-order valence-electron chi connectivity index (χ3n) is 2.99. The van der Waals surface area contributed by atoms with E-state index in [2.05, 4.69) is 14.8 Å². The molecule has 0 bridgehead atoms. The number of nitrogens with zero attached hydrogens (tertiary/aromatic N) is 3. The fourth-order valence-electron chi connectivity index (χ4n) is 1.83. The maximum absolute atomic E-state index is 13.0. The number of aromatic nitrogens is 3. The van der Waals surface area contributed by atoms with Gasteiger partial charge in [0.05, 0.1) is 10.5 Å². The summed E-state index contributed by atoms with van der Waals surface area (Å²) in [6, 6.07) is 2.35. The Morgan fingerprint density at radius 2 is 2.00 bits per heavy atom. The quantitative estimate of drug-likeness (QED) is 0.603. The fourth-order valence-corrected chi connectivity index (χ4v) is 2.51. The number of alkyl halides is 3. The van der Waals surface area contributed by atoms with Crippen molar-refractivity contribution in [3.63, 3.8) is 0 Å². The highest BCUT2D eigenvalue weighted by atomic mass is 32.2. The molecule has 0 amide bonds. The first kappa shape index (κ1) is 19.3. The molecule has 138 valence electrons. The number of nitrogens with one attached hydrogen (secondary N) is 2. The molecule has 0 aliphatic carbocycles. The molecule has 0 saturated heterocycles. The molecule has 8 nitrogen and oxygen atoms in total. The number of ether oxygens (including phenoxy) is 1. The van der Waals surface area contributed by atoms with Crippen molar-refractivity contribution in [3.8, 4) is 11.4 Å². The molecule has 0 unspecified atom stereocenters. The van der Waals surface area contributed by atoms with Crippen molar-refractivity contribution in [3.05, 3.63) is 36.2 Å². The summed E-state index contributed by atoms with van der Waals surface area (Å²) in [6.45, 7) is 0. The molecule has 0 fully saturated rings. The van der Waals surface area contributed by atoms with Gasteiger partial charge >= 0.3 is 6.18 Å². The Hall–Kier alpha value is -3.02. The van der Waals surface area contributed by atoms with E-state index >= 15 is 0 Å². The van der Waals surface area contributed by atoms with E-state index in [1.165, 1.54) is 6.20 Å². The standard InChI is InChI=1S/C14H12F3N5O3S/c1-26(23,24)11-5-9(4-10(6-11)14(15,16)17)13-20-8-22(21-13)3-2-12(19)25-7-18/h2-8,18-19H,1H3/b3-2-,18-7?,19-12?. The molecule has 0 saturated carbocycles. The van der Waals surface area contributed by atoms with Crippen LogP contribution in [0, 0.1) is 10.8 Å². The van der Waals surface area contributed by atoms with Gasteiger partial charge in [0.1, 0.15) is 6.33 Å². The van der Waals surface area contributed by atoms with Crippen molar-refractivity contribution >= 4 is 28.3 Å². The molecule has 1 aromatic carbocycles. The van der Waals surface area contributed by atoms with Gasteiger partial charge in [-0.05, 0) is 18.2 Å². The lowest BCUT2D eigenvalue weighted by Gasteiger charge is -2.10. The van der Waals surface area contributed by atoms with Crippen LogP contribution >= 0.6 is 0 Å². The highest BCUT2D eigenvalue weighted by Crippen LogP contribution is 2.33. The Morgan fingerprint density at radius 1 is 1.31 bits per heavy atom. The second-order valence-corrected chi connectivity index (χ2v) is 7.00. The van der Waals surface area contributed by atoms with E-state index in [9.17, 15) is 21.6 Å². The van der Waals surface area contributed by atoms with Crippen molar-refractivity contribution in [1.82, 2.24) is 14.8 Å². The van der Waals surface area contributed by atoms with Crippen LogP contribution in [0.4, 0.5) is 13.2 Å². The number of sulfone groups is 1. The Balaban J connectivity index is 2.46. The highest BCUT2D eigenvalue weighted by molar-refractivity contribution is 7.90. The minimum Gasteiger partial charge on any atom is -0.429 e. The van der Waals surface area contributed by atoms with E-state index in [0.29, 0.717) is 12.5 Å². The van der Waals surface area contributed by atoms with Crippen molar-refractivity contribution in [2.75, 3.05) is 6.26 Å². The van der Waals surface area contributed by atoms with Gasteiger partial charge in [-0.1, -0.05) is 0 Å². The molecule has 2 N–H and O–H groups in total. The summed E-state index contributed by atoms with van der Waals surface area (Å²) in [6.07, 6.45) is 0.136. The van der Waals surface area contributed by atoms with Gasteiger partial charge in [-0.15, -0.1) is 5.10 Å². The molecule has 12 heteroatoms. The third-order valence-corrected chi connectivity index (χ3v) is 4.09. The van der Waals surface area contributed by atoms with Gasteiger partial charge in [0.15, 0.2) is 22.1 Å². The van der Waals surface area contributed by atoms with Crippen molar-refractivity contribution in [2.45, 2.75) is 11.1 Å². The molecule has 0 aliphatic heterocycles. The monoisotopic (exact) mass is 387 g/mol. The number of benzene rings is 1. The van der Waals surface area contributed by atoms with Crippen LogP contribution in [0.15, 0.2) is 35.5 Å². The molecule has 0 atom stereocenters. The first-order valence-electron chi connectivity index (χ1n) is 6.77. The first-order valence-corrected chi connectivity index (χ1v) is 8.66. The lowest BCUT2D eigenvalue weighted by atomic mass is 10.1. The SMILES string of the molecule is CS(=O)(=O)c1cc(-c2ncn(/C=C\C(=N)OC=N)n2)cc(C(F)(F)F)c1. The summed E-state index contributed by atoms with van der Waals surface area (Å²) in [5, 5.41) is 17.9. The predicted molar refractivity (Wildman–Crippen MR) is 86.5 cm³/mol. The molecule has 0 aliphatic rings. The van der Waals surface area contributed by atoms with Crippen LogP contribution in [0.5, 0.6) is 0 Å². The number of hydrogen-bond donors (Lipinski definition) is 2. The minimum absolute atomic E-state index is 0.127. The summed E-state index contributed by atoms with van der Waals surface area (Å²) in [5.74, 6) is -0.499. The molecule has 1 aromatic heterocycles. The van der Waals surface area contributed by atoms with E-state index in [-0.39, 0.29) is 17.3 Å². The lowest BCUT2D eigenvalue weighted by Crippen LogP contribution is -2.08. The predicted octanol–water partition coefficient (Wildman–Crippen LogP) is 2.44. The molecule has 2 aromatic rings. The number of halogens is 3. The van der Waals surface area contributed by atoms with E-state index in [0.717, 1.165) is 35.5 Å². The Bertz CT molecular complexity index is 980. The summed E-state index contributed by atoms with van der Waals surface area (Å²) in [5.41, 5.74) is -1.26. The zero-order valence-electron chi connectivity index (χ0n) is 13.1. The molecule has 1 heterocycles. The molecule has 2 rings (SSSR count). The van der Waals surface area contributed by atoms with Gasteiger partial charge in [-0.2, -0.15) is 13.2 Å². The average Bonchev–Trinajstić information content (AvgIpc) is 3.00. The lowest BCUT2D eigenvalue weighted by molar-refractivity contribution is -0.137. The van der Waals surface area contributed by atoms with E-state index in [1.807, 2.05) is 0 Å². The number of rotatable bonds is 5. The molecular formula is C14H12F3N5O3S. The smallest absolute Gasteiger partial charge is 0.416 e. The normalized spacial score (nSPS) is 12.3. The Kier molecular flexibility index (Phi) is 5.25. The minimum atomic E-state index is -4.74. The van der Waals surface area contributed by atoms with Crippen LogP contribution in [0.1, 0.15) is 5.56 Å². The van der Waals surface area contributed by atoms with E-state index in [1.54, 1.807) is 0 Å². The Labute approximate surface area is 145 Å². The highest BCUT2D eigenvalue weighted by Gasteiger charge is 2.32.